The first-order valence-electron chi connectivity index (χ1n) is 13.7. The van der Waals surface area contributed by atoms with E-state index in [9.17, 15) is 28.8 Å². The third-order valence-corrected chi connectivity index (χ3v) is 5.94. The molecule has 1 aliphatic rings. The third kappa shape index (κ3) is 13.0. The van der Waals surface area contributed by atoms with Crippen molar-refractivity contribution >= 4 is 35.9 Å². The lowest BCUT2D eigenvalue weighted by molar-refractivity contribution is -0.158. The van der Waals surface area contributed by atoms with Crippen molar-refractivity contribution in [2.24, 2.45) is 5.92 Å². The smallest absolute Gasteiger partial charge is 0.413 e. The quantitative estimate of drug-likeness (QED) is 0.0995. The van der Waals surface area contributed by atoms with Crippen molar-refractivity contribution < 1.29 is 52.5 Å². The Hall–Kier alpha value is -4.42. The predicted octanol–water partition coefficient (Wildman–Crippen LogP) is 2.90. The van der Waals surface area contributed by atoms with Crippen LogP contribution in [-0.2, 0) is 47.7 Å². The fourth-order valence-electron chi connectivity index (χ4n) is 3.44. The van der Waals surface area contributed by atoms with Crippen molar-refractivity contribution in [3.63, 3.8) is 0 Å². The fraction of sp³-hybridized carbons (Fsp3) is 0.533. The van der Waals surface area contributed by atoms with Gasteiger partial charge in [0.25, 0.3) is 0 Å². The van der Waals surface area contributed by atoms with E-state index in [0.717, 1.165) is 0 Å². The van der Waals surface area contributed by atoms with E-state index >= 15 is 0 Å². The van der Waals surface area contributed by atoms with E-state index < -0.39 is 54.1 Å². The largest absolute Gasteiger partial charge is 0.461 e. The van der Waals surface area contributed by atoms with Crippen LogP contribution in [0.4, 0.5) is 4.79 Å². The molecule has 1 aliphatic heterocycles. The van der Waals surface area contributed by atoms with E-state index in [1.807, 2.05) is 0 Å². The predicted molar refractivity (Wildman–Crippen MR) is 154 cm³/mol. The summed E-state index contributed by atoms with van der Waals surface area (Å²) >= 11 is 0. The molecule has 2 amide bonds. The maximum Gasteiger partial charge on any atom is 0.413 e. The van der Waals surface area contributed by atoms with Gasteiger partial charge in [0, 0.05) is 35.4 Å². The van der Waals surface area contributed by atoms with E-state index in [-0.39, 0.29) is 48.7 Å². The molecule has 2 unspecified atom stereocenters. The summed E-state index contributed by atoms with van der Waals surface area (Å²) in [6.07, 6.45) is -0.388. The monoisotopic (exact) mass is 606 g/mol. The average Bonchev–Trinajstić information content (AvgIpc) is 3.23. The molecule has 0 radical (unpaired) electrons. The van der Waals surface area contributed by atoms with Crippen molar-refractivity contribution in [2.75, 3.05) is 32.9 Å². The van der Waals surface area contributed by atoms with Gasteiger partial charge in [-0.15, -0.1) is 0 Å². The van der Waals surface area contributed by atoms with Crippen molar-refractivity contribution in [1.29, 1.82) is 0 Å². The lowest BCUT2D eigenvalue weighted by atomic mass is 10.1. The van der Waals surface area contributed by atoms with Gasteiger partial charge in [0.2, 0.25) is 12.1 Å². The van der Waals surface area contributed by atoms with E-state index in [1.54, 1.807) is 0 Å². The molecule has 1 N–H and O–H groups in total. The van der Waals surface area contributed by atoms with Crippen molar-refractivity contribution in [1.82, 2.24) is 10.2 Å². The van der Waals surface area contributed by atoms with Gasteiger partial charge >= 0.3 is 30.0 Å². The van der Waals surface area contributed by atoms with Gasteiger partial charge in [-0.1, -0.05) is 39.2 Å². The first-order valence-corrected chi connectivity index (χ1v) is 13.7. The summed E-state index contributed by atoms with van der Waals surface area (Å²) in [6, 6.07) is 0. The molecule has 1 saturated heterocycles. The number of rotatable bonds is 19. The number of ether oxygens (including phenoxy) is 5. The van der Waals surface area contributed by atoms with Crippen LogP contribution in [0.25, 0.3) is 0 Å². The highest BCUT2D eigenvalue weighted by Crippen LogP contribution is 2.23. The summed E-state index contributed by atoms with van der Waals surface area (Å²) in [5, 5.41) is 2.74. The highest BCUT2D eigenvalue weighted by atomic mass is 16.7. The van der Waals surface area contributed by atoms with Crippen LogP contribution >= 0.6 is 0 Å². The first kappa shape index (κ1) is 36.6. The summed E-state index contributed by atoms with van der Waals surface area (Å²) in [4.78, 5) is 73.8. The molecule has 1 heterocycles. The number of nitrogens with zero attached hydrogens (tertiary/aromatic N) is 1. The third-order valence-electron chi connectivity index (χ3n) is 5.94. The van der Waals surface area contributed by atoms with Gasteiger partial charge < -0.3 is 29.0 Å². The van der Waals surface area contributed by atoms with Crippen LogP contribution < -0.4 is 5.32 Å². The summed E-state index contributed by atoms with van der Waals surface area (Å²) in [7, 11) is 0. The number of esters is 4. The van der Waals surface area contributed by atoms with Gasteiger partial charge in [-0.3, -0.25) is 9.69 Å². The summed E-state index contributed by atoms with van der Waals surface area (Å²) in [5.74, 6) is -4.09. The number of hydrogen-bond acceptors (Lipinski definition) is 11. The molecule has 2 atom stereocenters. The van der Waals surface area contributed by atoms with Gasteiger partial charge in [0.05, 0.1) is 0 Å². The van der Waals surface area contributed by atoms with Crippen LogP contribution in [0.2, 0.25) is 0 Å². The summed E-state index contributed by atoms with van der Waals surface area (Å²) < 4.78 is 25.9. The molecular weight excluding hydrogens is 564 g/mol. The molecule has 0 aromatic heterocycles. The van der Waals surface area contributed by atoms with Crippen LogP contribution in [0.3, 0.4) is 0 Å². The molecular formula is C30H42N2O11. The van der Waals surface area contributed by atoms with Gasteiger partial charge in [-0.05, 0) is 40.5 Å². The number of cyclic esters (lactones) is 1. The standard InChI is InChI=1S/C30H42N2O11/c1-18(2)26(34)39-15-22(16-40-27(35)19(3)4)24(33)31-13-11-9-10-12-14-32-25(43-29(37)21(7)8)23(42-30(32)38)17-41-28(36)20(5)6/h22-23,25H,1,3,5,7,9-17H2,2,4,6,8H3,(H,31,33). The van der Waals surface area contributed by atoms with Crippen molar-refractivity contribution in [2.45, 2.75) is 65.7 Å². The van der Waals surface area contributed by atoms with E-state index in [4.69, 9.17) is 23.7 Å². The molecule has 0 spiro atoms. The number of amides is 2. The molecule has 13 heteroatoms. The van der Waals surface area contributed by atoms with Gasteiger partial charge in [0.1, 0.15) is 25.7 Å². The summed E-state index contributed by atoms with van der Waals surface area (Å²) in [5.41, 5.74) is 0.634. The topological polar surface area (TPSA) is 164 Å². The Kier molecular flexibility index (Phi) is 15.5. The van der Waals surface area contributed by atoms with Crippen LogP contribution in [0.15, 0.2) is 48.6 Å². The van der Waals surface area contributed by atoms with Crippen LogP contribution in [-0.4, -0.2) is 86.0 Å². The number of carbonyl (C=O) groups is 6. The highest BCUT2D eigenvalue weighted by Gasteiger charge is 2.45. The molecule has 1 fully saturated rings. The second-order valence-electron chi connectivity index (χ2n) is 10.2. The number of carbonyl (C=O) groups excluding carboxylic acids is 6. The molecule has 0 aliphatic carbocycles. The normalized spacial score (nSPS) is 15.7. The maximum absolute atomic E-state index is 12.7. The molecule has 0 saturated carbocycles. The van der Waals surface area contributed by atoms with Crippen LogP contribution in [0.5, 0.6) is 0 Å². The van der Waals surface area contributed by atoms with Gasteiger partial charge in [0.15, 0.2) is 6.10 Å². The van der Waals surface area contributed by atoms with E-state index in [2.05, 4.69) is 31.6 Å². The molecule has 43 heavy (non-hydrogen) atoms. The van der Waals surface area contributed by atoms with E-state index in [1.165, 1.54) is 32.6 Å². The zero-order chi connectivity index (χ0) is 32.7. The molecule has 0 bridgehead atoms. The number of hydrogen-bond donors (Lipinski definition) is 1. The van der Waals surface area contributed by atoms with Crippen molar-refractivity contribution in [3.05, 3.63) is 48.6 Å². The van der Waals surface area contributed by atoms with Gasteiger partial charge in [-0.2, -0.15) is 0 Å². The molecule has 0 aromatic carbocycles. The zero-order valence-corrected chi connectivity index (χ0v) is 25.4. The average molecular weight is 607 g/mol. The Morgan fingerprint density at radius 2 is 1.26 bits per heavy atom. The van der Waals surface area contributed by atoms with Gasteiger partial charge in [-0.25, -0.2) is 24.0 Å². The molecule has 1 rings (SSSR count). The molecule has 238 valence electrons. The Morgan fingerprint density at radius 1 is 0.767 bits per heavy atom. The van der Waals surface area contributed by atoms with E-state index in [0.29, 0.717) is 32.2 Å². The minimum absolute atomic E-state index is 0.129. The Morgan fingerprint density at radius 3 is 1.77 bits per heavy atom. The molecule has 0 aromatic rings. The lowest BCUT2D eigenvalue weighted by Gasteiger charge is -2.24. The second kappa shape index (κ2) is 18.2. The highest BCUT2D eigenvalue weighted by molar-refractivity contribution is 5.89. The summed E-state index contributed by atoms with van der Waals surface area (Å²) in [6.45, 7) is 19.5. The Bertz CT molecular complexity index is 1100. The maximum atomic E-state index is 12.7. The lowest BCUT2D eigenvalue weighted by Crippen LogP contribution is -2.42. The minimum Gasteiger partial charge on any atom is -0.461 e. The Balaban J connectivity index is 2.58. The Labute approximate surface area is 251 Å². The second-order valence-corrected chi connectivity index (χ2v) is 10.2. The first-order chi connectivity index (χ1) is 20.1. The fourth-order valence-corrected chi connectivity index (χ4v) is 3.44. The van der Waals surface area contributed by atoms with Crippen molar-refractivity contribution in [3.8, 4) is 0 Å². The zero-order valence-electron chi connectivity index (χ0n) is 25.4. The SMILES string of the molecule is C=C(C)C(=O)OCC(COC(=O)C(=C)C)C(=O)NCCCCCCN1C(=O)OC(COC(=O)C(=C)C)C1OC(=O)C(=C)C. The minimum atomic E-state index is -1.11. The van der Waals surface area contributed by atoms with Crippen LogP contribution in [0.1, 0.15) is 53.4 Å². The number of nitrogens with one attached hydrogen (secondary N) is 1. The number of unbranched alkanes of at least 4 members (excludes halogenated alkanes) is 3. The van der Waals surface area contributed by atoms with Crippen LogP contribution in [0, 0.1) is 5.92 Å². The molecule has 13 nitrogen and oxygen atoms in total.